The SMILES string of the molecule is Cc1ccc(CNC(=O)COC(=O)c2ccc(C(C)C)cc2)cc1. The highest BCUT2D eigenvalue weighted by Gasteiger charge is 2.10. The topological polar surface area (TPSA) is 55.4 Å². The Bertz CT molecular complexity index is 688. The summed E-state index contributed by atoms with van der Waals surface area (Å²) in [7, 11) is 0. The lowest BCUT2D eigenvalue weighted by atomic mass is 10.0. The third kappa shape index (κ3) is 5.23. The van der Waals surface area contributed by atoms with Crippen LogP contribution in [0.25, 0.3) is 0 Å². The molecular formula is C20H23NO3. The molecule has 0 saturated heterocycles. The number of hydrogen-bond acceptors (Lipinski definition) is 3. The molecule has 4 nitrogen and oxygen atoms in total. The number of aryl methyl sites for hydroxylation is 1. The first kappa shape index (κ1) is 17.7. The van der Waals surface area contributed by atoms with Crippen LogP contribution in [-0.4, -0.2) is 18.5 Å². The van der Waals surface area contributed by atoms with Crippen molar-refractivity contribution >= 4 is 11.9 Å². The molecule has 0 aliphatic carbocycles. The average molecular weight is 325 g/mol. The van der Waals surface area contributed by atoms with Gasteiger partial charge in [-0.15, -0.1) is 0 Å². The van der Waals surface area contributed by atoms with E-state index in [4.69, 9.17) is 4.74 Å². The fraction of sp³-hybridized carbons (Fsp3) is 0.300. The molecule has 4 heteroatoms. The Labute approximate surface area is 142 Å². The monoisotopic (exact) mass is 325 g/mol. The first-order chi connectivity index (χ1) is 11.5. The van der Waals surface area contributed by atoms with E-state index < -0.39 is 5.97 Å². The molecule has 0 bridgehead atoms. The van der Waals surface area contributed by atoms with Crippen molar-refractivity contribution < 1.29 is 14.3 Å². The summed E-state index contributed by atoms with van der Waals surface area (Å²) < 4.78 is 5.05. The summed E-state index contributed by atoms with van der Waals surface area (Å²) in [6, 6.07) is 15.1. The fourth-order valence-electron chi connectivity index (χ4n) is 2.18. The van der Waals surface area contributed by atoms with Gasteiger partial charge in [-0.05, 0) is 36.1 Å². The van der Waals surface area contributed by atoms with Crippen molar-refractivity contribution in [1.82, 2.24) is 5.32 Å². The van der Waals surface area contributed by atoms with E-state index >= 15 is 0 Å². The number of carbonyl (C=O) groups excluding carboxylic acids is 2. The Balaban J connectivity index is 1.78. The Kier molecular flexibility index (Phi) is 6.13. The van der Waals surface area contributed by atoms with Crippen LogP contribution in [-0.2, 0) is 16.1 Å². The highest BCUT2D eigenvalue weighted by atomic mass is 16.5. The third-order valence-electron chi connectivity index (χ3n) is 3.76. The van der Waals surface area contributed by atoms with Crippen molar-refractivity contribution in [3.8, 4) is 0 Å². The van der Waals surface area contributed by atoms with Gasteiger partial charge in [0.05, 0.1) is 5.56 Å². The van der Waals surface area contributed by atoms with Gasteiger partial charge in [-0.25, -0.2) is 4.79 Å². The molecule has 126 valence electrons. The number of hydrogen-bond donors (Lipinski definition) is 1. The molecule has 0 atom stereocenters. The summed E-state index contributed by atoms with van der Waals surface area (Å²) >= 11 is 0. The van der Waals surface area contributed by atoms with E-state index in [1.54, 1.807) is 12.1 Å². The lowest BCUT2D eigenvalue weighted by molar-refractivity contribution is -0.124. The molecular weight excluding hydrogens is 302 g/mol. The van der Waals surface area contributed by atoms with Gasteiger partial charge in [0.1, 0.15) is 0 Å². The van der Waals surface area contributed by atoms with Gasteiger partial charge in [-0.1, -0.05) is 55.8 Å². The zero-order valence-electron chi connectivity index (χ0n) is 14.3. The zero-order valence-corrected chi connectivity index (χ0v) is 14.3. The summed E-state index contributed by atoms with van der Waals surface area (Å²) in [5.41, 5.74) is 3.78. The van der Waals surface area contributed by atoms with Gasteiger partial charge in [-0.2, -0.15) is 0 Å². The lowest BCUT2D eigenvalue weighted by Gasteiger charge is -2.08. The maximum absolute atomic E-state index is 11.9. The molecule has 1 N–H and O–H groups in total. The molecule has 0 unspecified atom stereocenters. The summed E-state index contributed by atoms with van der Waals surface area (Å²) in [5, 5.41) is 2.73. The molecule has 0 heterocycles. The van der Waals surface area contributed by atoms with Gasteiger partial charge in [0, 0.05) is 6.54 Å². The Morgan fingerprint density at radius 2 is 1.62 bits per heavy atom. The molecule has 0 aliphatic heterocycles. The molecule has 0 aromatic heterocycles. The molecule has 24 heavy (non-hydrogen) atoms. The molecule has 1 amide bonds. The van der Waals surface area contributed by atoms with Gasteiger partial charge >= 0.3 is 5.97 Å². The van der Waals surface area contributed by atoms with Gasteiger partial charge in [0.25, 0.3) is 5.91 Å². The van der Waals surface area contributed by atoms with Crippen LogP contribution in [0.5, 0.6) is 0 Å². The van der Waals surface area contributed by atoms with E-state index in [2.05, 4.69) is 19.2 Å². The van der Waals surface area contributed by atoms with E-state index in [1.807, 2.05) is 43.3 Å². The molecule has 0 fully saturated rings. The maximum Gasteiger partial charge on any atom is 0.338 e. The number of ether oxygens (including phenoxy) is 1. The van der Waals surface area contributed by atoms with Gasteiger partial charge < -0.3 is 10.1 Å². The minimum Gasteiger partial charge on any atom is -0.452 e. The fourth-order valence-corrected chi connectivity index (χ4v) is 2.18. The summed E-state index contributed by atoms with van der Waals surface area (Å²) in [5.74, 6) is -0.402. The minimum absolute atomic E-state index is 0.281. The Morgan fingerprint density at radius 3 is 2.21 bits per heavy atom. The molecule has 0 spiro atoms. The van der Waals surface area contributed by atoms with Crippen LogP contribution in [0.2, 0.25) is 0 Å². The van der Waals surface area contributed by atoms with Gasteiger partial charge in [0.2, 0.25) is 0 Å². The second-order valence-electron chi connectivity index (χ2n) is 6.12. The zero-order chi connectivity index (χ0) is 17.5. The first-order valence-electron chi connectivity index (χ1n) is 8.05. The second-order valence-corrected chi connectivity index (χ2v) is 6.12. The summed E-state index contributed by atoms with van der Waals surface area (Å²) in [4.78, 5) is 23.7. The highest BCUT2D eigenvalue weighted by molar-refractivity contribution is 5.91. The number of carbonyl (C=O) groups is 2. The summed E-state index contributed by atoms with van der Waals surface area (Å²) in [6.07, 6.45) is 0. The number of nitrogens with one attached hydrogen (secondary N) is 1. The predicted octanol–water partition coefficient (Wildman–Crippen LogP) is 3.59. The van der Waals surface area contributed by atoms with E-state index in [0.29, 0.717) is 18.0 Å². The number of esters is 1. The lowest BCUT2D eigenvalue weighted by Crippen LogP contribution is -2.28. The Hall–Kier alpha value is -2.62. The molecule has 0 aliphatic rings. The normalized spacial score (nSPS) is 10.5. The van der Waals surface area contributed by atoms with Gasteiger partial charge in [-0.3, -0.25) is 4.79 Å². The van der Waals surface area contributed by atoms with Crippen LogP contribution >= 0.6 is 0 Å². The van der Waals surface area contributed by atoms with Crippen LogP contribution in [0.4, 0.5) is 0 Å². The number of benzene rings is 2. The molecule has 0 saturated carbocycles. The van der Waals surface area contributed by atoms with Crippen molar-refractivity contribution in [3.05, 3.63) is 70.8 Å². The second kappa shape index (κ2) is 8.29. The summed E-state index contributed by atoms with van der Waals surface area (Å²) in [6.45, 7) is 6.32. The van der Waals surface area contributed by atoms with Crippen molar-refractivity contribution in [2.24, 2.45) is 0 Å². The Morgan fingerprint density at radius 1 is 1.00 bits per heavy atom. The maximum atomic E-state index is 11.9. The largest absolute Gasteiger partial charge is 0.452 e. The predicted molar refractivity (Wildman–Crippen MR) is 93.8 cm³/mol. The number of amides is 1. The van der Waals surface area contributed by atoms with E-state index in [-0.39, 0.29) is 12.5 Å². The van der Waals surface area contributed by atoms with Crippen molar-refractivity contribution in [2.75, 3.05) is 6.61 Å². The van der Waals surface area contributed by atoms with E-state index in [9.17, 15) is 9.59 Å². The van der Waals surface area contributed by atoms with Crippen molar-refractivity contribution in [2.45, 2.75) is 33.2 Å². The van der Waals surface area contributed by atoms with Crippen molar-refractivity contribution in [1.29, 1.82) is 0 Å². The molecule has 2 rings (SSSR count). The van der Waals surface area contributed by atoms with Crippen LogP contribution in [0, 0.1) is 6.92 Å². The highest BCUT2D eigenvalue weighted by Crippen LogP contribution is 2.15. The molecule has 0 radical (unpaired) electrons. The first-order valence-corrected chi connectivity index (χ1v) is 8.05. The molecule has 2 aromatic carbocycles. The minimum atomic E-state index is -0.490. The average Bonchev–Trinajstić information content (AvgIpc) is 2.59. The van der Waals surface area contributed by atoms with E-state index in [0.717, 1.165) is 11.1 Å². The van der Waals surface area contributed by atoms with Crippen LogP contribution in [0.3, 0.4) is 0 Å². The number of rotatable bonds is 6. The third-order valence-corrected chi connectivity index (χ3v) is 3.76. The van der Waals surface area contributed by atoms with E-state index in [1.165, 1.54) is 5.56 Å². The standard InChI is InChI=1S/C20H23NO3/c1-14(2)17-8-10-18(11-9-17)20(23)24-13-19(22)21-12-16-6-4-15(3)5-7-16/h4-11,14H,12-13H2,1-3H3,(H,21,22). The van der Waals surface area contributed by atoms with Crippen LogP contribution < -0.4 is 5.32 Å². The van der Waals surface area contributed by atoms with Crippen LogP contribution in [0.15, 0.2) is 48.5 Å². The van der Waals surface area contributed by atoms with Crippen molar-refractivity contribution in [3.63, 3.8) is 0 Å². The smallest absolute Gasteiger partial charge is 0.338 e. The quantitative estimate of drug-likeness (QED) is 0.826. The molecule has 2 aromatic rings. The van der Waals surface area contributed by atoms with Gasteiger partial charge in [0.15, 0.2) is 6.61 Å². The van der Waals surface area contributed by atoms with Crippen LogP contribution in [0.1, 0.15) is 46.8 Å².